The van der Waals surface area contributed by atoms with Gasteiger partial charge in [-0.3, -0.25) is 0 Å². The van der Waals surface area contributed by atoms with Gasteiger partial charge in [0, 0.05) is 16.6 Å². The Morgan fingerprint density at radius 2 is 2.14 bits per heavy atom. The summed E-state index contributed by atoms with van der Waals surface area (Å²) in [5.74, 6) is -0.993. The van der Waals surface area contributed by atoms with E-state index in [1.165, 1.54) is 6.08 Å². The van der Waals surface area contributed by atoms with E-state index in [2.05, 4.69) is 15.9 Å². The average molecular weight is 256 g/mol. The number of rotatable bonds is 3. The van der Waals surface area contributed by atoms with Gasteiger partial charge in [-0.05, 0) is 11.6 Å². The Labute approximate surface area is 90.4 Å². The molecule has 0 aliphatic heterocycles. The van der Waals surface area contributed by atoms with Crippen molar-refractivity contribution in [2.24, 2.45) is 5.73 Å². The van der Waals surface area contributed by atoms with Gasteiger partial charge >= 0.3 is 5.97 Å². The molecule has 0 aromatic heterocycles. The van der Waals surface area contributed by atoms with Crippen LogP contribution in [0.3, 0.4) is 0 Å². The van der Waals surface area contributed by atoms with Crippen molar-refractivity contribution in [2.75, 3.05) is 0 Å². The van der Waals surface area contributed by atoms with Crippen molar-refractivity contribution in [3.05, 3.63) is 46.5 Å². The predicted molar refractivity (Wildman–Crippen MR) is 57.8 cm³/mol. The predicted octanol–water partition coefficient (Wildman–Crippen LogP) is 2.09. The first-order valence-corrected chi connectivity index (χ1v) is 4.81. The van der Waals surface area contributed by atoms with Gasteiger partial charge < -0.3 is 10.8 Å². The fourth-order valence-electron chi connectivity index (χ4n) is 1.04. The fraction of sp³-hybridized carbons (Fsp3) is 0.100. The molecule has 0 aliphatic rings. The van der Waals surface area contributed by atoms with Gasteiger partial charge in [0.25, 0.3) is 0 Å². The van der Waals surface area contributed by atoms with Crippen LogP contribution in [0.4, 0.5) is 0 Å². The molecule has 4 heteroatoms. The Morgan fingerprint density at radius 1 is 1.50 bits per heavy atom. The molecule has 0 bridgehead atoms. The van der Waals surface area contributed by atoms with E-state index in [4.69, 9.17) is 10.8 Å². The summed E-state index contributed by atoms with van der Waals surface area (Å²) in [4.78, 5) is 10.3. The number of hydrogen-bond acceptors (Lipinski definition) is 2. The number of halogens is 1. The highest BCUT2D eigenvalue weighted by atomic mass is 79.9. The zero-order chi connectivity index (χ0) is 10.6. The molecule has 0 spiro atoms. The Balaban J connectivity index is 2.84. The Bertz CT molecular complexity index is 363. The van der Waals surface area contributed by atoms with Crippen molar-refractivity contribution in [3.8, 4) is 0 Å². The summed E-state index contributed by atoms with van der Waals surface area (Å²) in [6.07, 6.45) is 2.49. The van der Waals surface area contributed by atoms with Crippen molar-refractivity contribution >= 4 is 21.9 Å². The quantitative estimate of drug-likeness (QED) is 0.814. The minimum atomic E-state index is -0.993. The minimum Gasteiger partial charge on any atom is -0.478 e. The zero-order valence-corrected chi connectivity index (χ0v) is 8.94. The maximum Gasteiger partial charge on any atom is 0.328 e. The first kappa shape index (κ1) is 10.9. The molecule has 74 valence electrons. The van der Waals surface area contributed by atoms with E-state index < -0.39 is 12.0 Å². The van der Waals surface area contributed by atoms with Gasteiger partial charge in [-0.2, -0.15) is 0 Å². The van der Waals surface area contributed by atoms with Crippen LogP contribution in [0.15, 0.2) is 40.9 Å². The van der Waals surface area contributed by atoms with Crippen molar-refractivity contribution in [3.63, 3.8) is 0 Å². The van der Waals surface area contributed by atoms with Crippen LogP contribution in [0.25, 0.3) is 0 Å². The van der Waals surface area contributed by atoms with E-state index in [-0.39, 0.29) is 0 Å². The Hall–Kier alpha value is -1.13. The van der Waals surface area contributed by atoms with Crippen LogP contribution < -0.4 is 5.73 Å². The standard InChI is InChI=1S/C10H10BrNO2/c11-8-4-2-1-3-7(8)9(12)5-6-10(13)14/h1-6,9H,12H2,(H,13,14)/b6-5+. The fourth-order valence-corrected chi connectivity index (χ4v) is 1.58. The van der Waals surface area contributed by atoms with Gasteiger partial charge in [-0.15, -0.1) is 0 Å². The third-order valence-electron chi connectivity index (χ3n) is 1.71. The van der Waals surface area contributed by atoms with Crippen LogP contribution in [0.1, 0.15) is 11.6 Å². The summed E-state index contributed by atoms with van der Waals surface area (Å²) in [6.45, 7) is 0. The number of hydrogen-bond donors (Lipinski definition) is 2. The Morgan fingerprint density at radius 3 is 2.71 bits per heavy atom. The van der Waals surface area contributed by atoms with E-state index in [0.717, 1.165) is 16.1 Å². The summed E-state index contributed by atoms with van der Waals surface area (Å²) < 4.78 is 0.877. The molecule has 1 aromatic carbocycles. The molecule has 1 rings (SSSR count). The summed E-state index contributed by atoms with van der Waals surface area (Å²) in [5.41, 5.74) is 6.63. The molecule has 3 nitrogen and oxygen atoms in total. The van der Waals surface area contributed by atoms with Crippen LogP contribution in [0.2, 0.25) is 0 Å². The van der Waals surface area contributed by atoms with E-state index in [9.17, 15) is 4.79 Å². The molecular weight excluding hydrogens is 246 g/mol. The molecule has 1 unspecified atom stereocenters. The third kappa shape index (κ3) is 2.97. The van der Waals surface area contributed by atoms with Crippen LogP contribution in [-0.4, -0.2) is 11.1 Å². The molecule has 0 saturated carbocycles. The molecule has 0 aliphatic carbocycles. The lowest BCUT2D eigenvalue weighted by Crippen LogP contribution is -2.08. The second kappa shape index (κ2) is 4.93. The summed E-state index contributed by atoms with van der Waals surface area (Å²) in [7, 11) is 0. The lowest BCUT2D eigenvalue weighted by molar-refractivity contribution is -0.131. The second-order valence-electron chi connectivity index (χ2n) is 2.74. The number of benzene rings is 1. The van der Waals surface area contributed by atoms with Crippen molar-refractivity contribution in [1.29, 1.82) is 0 Å². The maximum atomic E-state index is 10.3. The van der Waals surface area contributed by atoms with Crippen molar-refractivity contribution < 1.29 is 9.90 Å². The molecule has 0 saturated heterocycles. The van der Waals surface area contributed by atoms with Crippen molar-refractivity contribution in [1.82, 2.24) is 0 Å². The average Bonchev–Trinajstić information content (AvgIpc) is 2.15. The molecule has 1 aromatic rings. The summed E-state index contributed by atoms with van der Waals surface area (Å²) in [6, 6.07) is 7.04. The molecule has 3 N–H and O–H groups in total. The van der Waals surface area contributed by atoms with Gasteiger partial charge in [-0.25, -0.2) is 4.79 Å². The molecule has 0 heterocycles. The summed E-state index contributed by atoms with van der Waals surface area (Å²) in [5, 5.41) is 8.42. The van der Waals surface area contributed by atoms with E-state index >= 15 is 0 Å². The van der Waals surface area contributed by atoms with Gasteiger partial charge in [-0.1, -0.05) is 40.2 Å². The van der Waals surface area contributed by atoms with E-state index in [1.54, 1.807) is 0 Å². The first-order chi connectivity index (χ1) is 6.61. The molecule has 1 atom stereocenters. The van der Waals surface area contributed by atoms with Crippen LogP contribution >= 0.6 is 15.9 Å². The number of carboxylic acids is 1. The lowest BCUT2D eigenvalue weighted by Gasteiger charge is -2.08. The second-order valence-corrected chi connectivity index (χ2v) is 3.60. The number of aliphatic carboxylic acids is 1. The van der Waals surface area contributed by atoms with Gasteiger partial charge in [0.1, 0.15) is 0 Å². The highest BCUT2D eigenvalue weighted by molar-refractivity contribution is 9.10. The lowest BCUT2D eigenvalue weighted by atomic mass is 10.1. The summed E-state index contributed by atoms with van der Waals surface area (Å²) >= 11 is 3.34. The van der Waals surface area contributed by atoms with Gasteiger partial charge in [0.2, 0.25) is 0 Å². The maximum absolute atomic E-state index is 10.3. The Kier molecular flexibility index (Phi) is 3.85. The largest absolute Gasteiger partial charge is 0.478 e. The van der Waals surface area contributed by atoms with Crippen LogP contribution in [0.5, 0.6) is 0 Å². The molecule has 0 amide bonds. The SMILES string of the molecule is NC(/C=C/C(=O)O)c1ccccc1Br. The minimum absolute atomic E-state index is 0.401. The number of carboxylic acid groups (broad SMARTS) is 1. The van der Waals surface area contributed by atoms with Gasteiger partial charge in [0.05, 0.1) is 0 Å². The van der Waals surface area contributed by atoms with E-state index in [1.807, 2.05) is 24.3 Å². The monoisotopic (exact) mass is 255 g/mol. The number of nitrogens with two attached hydrogens (primary N) is 1. The molecular formula is C10H10BrNO2. The smallest absolute Gasteiger partial charge is 0.328 e. The number of carbonyl (C=O) groups is 1. The molecule has 0 fully saturated rings. The normalized spacial score (nSPS) is 13.0. The molecule has 14 heavy (non-hydrogen) atoms. The van der Waals surface area contributed by atoms with Crippen molar-refractivity contribution in [2.45, 2.75) is 6.04 Å². The van der Waals surface area contributed by atoms with Crippen LogP contribution in [0, 0.1) is 0 Å². The molecule has 0 radical (unpaired) electrons. The topological polar surface area (TPSA) is 63.3 Å². The van der Waals surface area contributed by atoms with E-state index in [0.29, 0.717) is 0 Å². The first-order valence-electron chi connectivity index (χ1n) is 4.02. The zero-order valence-electron chi connectivity index (χ0n) is 7.35. The van der Waals surface area contributed by atoms with Gasteiger partial charge in [0.15, 0.2) is 0 Å². The van der Waals surface area contributed by atoms with Crippen LogP contribution in [-0.2, 0) is 4.79 Å². The highest BCUT2D eigenvalue weighted by Crippen LogP contribution is 2.22. The highest BCUT2D eigenvalue weighted by Gasteiger charge is 2.05. The third-order valence-corrected chi connectivity index (χ3v) is 2.43.